The van der Waals surface area contributed by atoms with Crippen LogP contribution in [-0.2, 0) is 9.59 Å². The number of nitrogens with one attached hydrogen (secondary N) is 1. The maximum absolute atomic E-state index is 11.5. The van der Waals surface area contributed by atoms with Crippen LogP contribution in [0.5, 0.6) is 0 Å². The van der Waals surface area contributed by atoms with E-state index in [1.807, 2.05) is 6.92 Å². The number of hydrogen-bond acceptors (Lipinski definition) is 4. The van der Waals surface area contributed by atoms with Crippen molar-refractivity contribution in [1.82, 2.24) is 5.32 Å². The van der Waals surface area contributed by atoms with Gasteiger partial charge >= 0.3 is 5.97 Å². The molecule has 6 heteroatoms. The normalized spacial score (nSPS) is 18.9. The van der Waals surface area contributed by atoms with Crippen LogP contribution < -0.4 is 11.1 Å². The number of thioether (sulfide) groups is 1. The second-order valence-electron chi connectivity index (χ2n) is 4.03. The number of carbonyl (C=O) groups is 2. The van der Waals surface area contributed by atoms with Crippen molar-refractivity contribution >= 4 is 23.6 Å². The minimum Gasteiger partial charge on any atom is -0.480 e. The van der Waals surface area contributed by atoms with Gasteiger partial charge in [0.15, 0.2) is 0 Å². The molecule has 0 spiro atoms. The molecule has 0 saturated heterocycles. The van der Waals surface area contributed by atoms with Crippen molar-refractivity contribution in [3.8, 4) is 0 Å². The summed E-state index contributed by atoms with van der Waals surface area (Å²) >= 11 is 1.44. The summed E-state index contributed by atoms with van der Waals surface area (Å²) in [5.74, 6) is -0.362. The lowest BCUT2D eigenvalue weighted by molar-refractivity contribution is -0.138. The SMILES string of the molecule is CC(SCCC(N)C(=O)O)C(=O)NC1CC1. The van der Waals surface area contributed by atoms with Crippen molar-refractivity contribution in [2.75, 3.05) is 5.75 Å². The number of amides is 1. The number of hydrogen-bond donors (Lipinski definition) is 3. The number of rotatable bonds is 7. The van der Waals surface area contributed by atoms with Gasteiger partial charge < -0.3 is 16.2 Å². The van der Waals surface area contributed by atoms with Gasteiger partial charge in [0.05, 0.1) is 5.25 Å². The first-order valence-electron chi connectivity index (χ1n) is 5.41. The lowest BCUT2D eigenvalue weighted by Gasteiger charge is -2.12. The first-order chi connectivity index (χ1) is 7.50. The van der Waals surface area contributed by atoms with E-state index in [-0.39, 0.29) is 11.2 Å². The van der Waals surface area contributed by atoms with Gasteiger partial charge in [-0.15, -0.1) is 11.8 Å². The summed E-state index contributed by atoms with van der Waals surface area (Å²) in [6.45, 7) is 1.83. The molecule has 92 valence electrons. The number of carboxylic acids is 1. The summed E-state index contributed by atoms with van der Waals surface area (Å²) in [6, 6.07) is -0.456. The Morgan fingerprint density at radius 2 is 2.19 bits per heavy atom. The van der Waals surface area contributed by atoms with Gasteiger partial charge in [0, 0.05) is 6.04 Å². The average molecular weight is 246 g/mol. The summed E-state index contributed by atoms with van der Waals surface area (Å²) in [4.78, 5) is 22.0. The summed E-state index contributed by atoms with van der Waals surface area (Å²) in [5.41, 5.74) is 5.36. The van der Waals surface area contributed by atoms with E-state index in [0.29, 0.717) is 18.2 Å². The molecule has 0 aromatic carbocycles. The molecule has 0 bridgehead atoms. The zero-order valence-electron chi connectivity index (χ0n) is 9.31. The lowest BCUT2D eigenvalue weighted by Crippen LogP contribution is -2.34. The molecule has 1 aliphatic carbocycles. The largest absolute Gasteiger partial charge is 0.480 e. The van der Waals surface area contributed by atoms with Crippen LogP contribution in [0.3, 0.4) is 0 Å². The molecule has 2 unspecified atom stereocenters. The van der Waals surface area contributed by atoms with Crippen molar-refractivity contribution in [2.45, 2.75) is 43.5 Å². The zero-order chi connectivity index (χ0) is 12.1. The summed E-state index contributed by atoms with van der Waals surface area (Å²) in [6.07, 6.45) is 2.54. The molecule has 5 nitrogen and oxygen atoms in total. The quantitative estimate of drug-likeness (QED) is 0.596. The van der Waals surface area contributed by atoms with Crippen molar-refractivity contribution in [1.29, 1.82) is 0 Å². The zero-order valence-corrected chi connectivity index (χ0v) is 10.1. The topological polar surface area (TPSA) is 92.4 Å². The molecule has 0 aliphatic heterocycles. The van der Waals surface area contributed by atoms with E-state index in [4.69, 9.17) is 10.8 Å². The average Bonchev–Trinajstić information content (AvgIpc) is 3.00. The molecule has 0 aromatic heterocycles. The molecule has 1 fully saturated rings. The van der Waals surface area contributed by atoms with Crippen LogP contribution >= 0.6 is 11.8 Å². The van der Waals surface area contributed by atoms with Crippen LogP contribution in [0.15, 0.2) is 0 Å². The summed E-state index contributed by atoms with van der Waals surface area (Å²) in [7, 11) is 0. The molecule has 1 amide bonds. The summed E-state index contributed by atoms with van der Waals surface area (Å²) < 4.78 is 0. The highest BCUT2D eigenvalue weighted by molar-refractivity contribution is 8.00. The Hall–Kier alpha value is -0.750. The minimum atomic E-state index is -0.990. The highest BCUT2D eigenvalue weighted by Gasteiger charge is 2.25. The van der Waals surface area contributed by atoms with Gasteiger partial charge in [0.2, 0.25) is 5.91 Å². The van der Waals surface area contributed by atoms with Crippen molar-refractivity contribution in [3.63, 3.8) is 0 Å². The van der Waals surface area contributed by atoms with Crippen LogP contribution in [0, 0.1) is 0 Å². The fraction of sp³-hybridized carbons (Fsp3) is 0.800. The Morgan fingerprint density at radius 3 is 2.69 bits per heavy atom. The molecule has 0 aromatic rings. The first-order valence-corrected chi connectivity index (χ1v) is 6.46. The second kappa shape index (κ2) is 6.10. The summed E-state index contributed by atoms with van der Waals surface area (Å²) in [5, 5.41) is 11.3. The number of carbonyl (C=O) groups excluding carboxylic acids is 1. The number of carboxylic acid groups (broad SMARTS) is 1. The van der Waals surface area contributed by atoms with Crippen molar-refractivity contribution < 1.29 is 14.7 Å². The molecule has 1 saturated carbocycles. The Morgan fingerprint density at radius 1 is 1.56 bits per heavy atom. The van der Waals surface area contributed by atoms with Gasteiger partial charge in [-0.25, -0.2) is 0 Å². The maximum atomic E-state index is 11.5. The van der Waals surface area contributed by atoms with Crippen LogP contribution in [0.4, 0.5) is 0 Å². The molecular formula is C10H18N2O3S. The Balaban J connectivity index is 2.11. The molecule has 16 heavy (non-hydrogen) atoms. The van der Waals surface area contributed by atoms with E-state index < -0.39 is 12.0 Å². The Kier molecular flexibility index (Phi) is 5.08. The van der Waals surface area contributed by atoms with E-state index in [9.17, 15) is 9.59 Å². The number of aliphatic carboxylic acids is 1. The Bertz CT molecular complexity index is 269. The maximum Gasteiger partial charge on any atom is 0.320 e. The van der Waals surface area contributed by atoms with E-state index in [2.05, 4.69) is 5.32 Å². The Labute approximate surface area is 99.1 Å². The van der Waals surface area contributed by atoms with Crippen LogP contribution in [0.1, 0.15) is 26.2 Å². The fourth-order valence-corrected chi connectivity index (χ4v) is 2.08. The second-order valence-corrected chi connectivity index (χ2v) is 5.48. The predicted molar refractivity (Wildman–Crippen MR) is 63.3 cm³/mol. The highest BCUT2D eigenvalue weighted by Crippen LogP contribution is 2.20. The molecule has 1 aliphatic rings. The van der Waals surface area contributed by atoms with Gasteiger partial charge in [0.1, 0.15) is 6.04 Å². The third kappa shape index (κ3) is 4.85. The standard InChI is InChI=1S/C10H18N2O3S/c1-6(9(13)12-7-2-3-7)16-5-4-8(11)10(14)15/h6-8H,2-5,11H2,1H3,(H,12,13)(H,14,15). The monoisotopic (exact) mass is 246 g/mol. The molecule has 1 rings (SSSR count). The first kappa shape index (κ1) is 13.3. The molecule has 0 heterocycles. The highest BCUT2D eigenvalue weighted by atomic mass is 32.2. The van der Waals surface area contributed by atoms with Gasteiger partial charge in [-0.1, -0.05) is 0 Å². The molecular weight excluding hydrogens is 228 g/mol. The van der Waals surface area contributed by atoms with Gasteiger partial charge in [-0.05, 0) is 31.9 Å². The van der Waals surface area contributed by atoms with Crippen molar-refractivity contribution in [2.24, 2.45) is 5.73 Å². The predicted octanol–water partition coefficient (Wildman–Crippen LogP) is 0.189. The van der Waals surface area contributed by atoms with Crippen LogP contribution in [0.25, 0.3) is 0 Å². The third-order valence-electron chi connectivity index (χ3n) is 2.41. The third-order valence-corrected chi connectivity index (χ3v) is 3.59. The van der Waals surface area contributed by atoms with E-state index in [1.54, 1.807) is 0 Å². The minimum absolute atomic E-state index is 0.0383. The van der Waals surface area contributed by atoms with Gasteiger partial charge in [-0.3, -0.25) is 9.59 Å². The molecule has 2 atom stereocenters. The van der Waals surface area contributed by atoms with Gasteiger partial charge in [0.25, 0.3) is 0 Å². The number of nitrogens with two attached hydrogens (primary N) is 1. The lowest BCUT2D eigenvalue weighted by atomic mass is 10.2. The molecule has 4 N–H and O–H groups in total. The van der Waals surface area contributed by atoms with E-state index in [0.717, 1.165) is 12.8 Å². The van der Waals surface area contributed by atoms with Crippen LogP contribution in [0.2, 0.25) is 0 Å². The smallest absolute Gasteiger partial charge is 0.320 e. The van der Waals surface area contributed by atoms with E-state index in [1.165, 1.54) is 11.8 Å². The van der Waals surface area contributed by atoms with E-state index >= 15 is 0 Å². The molecule has 0 radical (unpaired) electrons. The fourth-order valence-electron chi connectivity index (χ4n) is 1.12. The van der Waals surface area contributed by atoms with Crippen LogP contribution in [-0.4, -0.2) is 40.1 Å². The van der Waals surface area contributed by atoms with Crippen molar-refractivity contribution in [3.05, 3.63) is 0 Å². The van der Waals surface area contributed by atoms with Gasteiger partial charge in [-0.2, -0.15) is 0 Å².